The summed E-state index contributed by atoms with van der Waals surface area (Å²) >= 11 is 0. The summed E-state index contributed by atoms with van der Waals surface area (Å²) in [5.74, 6) is -0.356. The molecule has 1 aromatic rings. The van der Waals surface area contributed by atoms with Crippen molar-refractivity contribution in [3.8, 4) is 5.75 Å². The number of carboxylic acids is 1. The van der Waals surface area contributed by atoms with Crippen molar-refractivity contribution < 1.29 is 19.7 Å². The number of aromatic carboxylic acids is 1. The quantitative estimate of drug-likeness (QED) is 0.682. The van der Waals surface area contributed by atoms with E-state index in [1.165, 1.54) is 12.1 Å². The normalized spacial score (nSPS) is 10.2. The molecular formula is C13H18O4. The van der Waals surface area contributed by atoms with Gasteiger partial charge in [0.2, 0.25) is 0 Å². The second-order valence-electron chi connectivity index (χ2n) is 3.82. The van der Waals surface area contributed by atoms with Crippen molar-refractivity contribution in [1.29, 1.82) is 0 Å². The van der Waals surface area contributed by atoms with Gasteiger partial charge in [-0.25, -0.2) is 4.79 Å². The van der Waals surface area contributed by atoms with Crippen molar-refractivity contribution in [1.82, 2.24) is 0 Å². The van der Waals surface area contributed by atoms with Gasteiger partial charge in [-0.05, 0) is 37.5 Å². The van der Waals surface area contributed by atoms with Gasteiger partial charge < -0.3 is 14.9 Å². The number of benzene rings is 1. The lowest BCUT2D eigenvalue weighted by Gasteiger charge is -2.06. The average Bonchev–Trinajstić information content (AvgIpc) is 2.34. The van der Waals surface area contributed by atoms with E-state index in [0.717, 1.165) is 25.7 Å². The number of ether oxygens (including phenoxy) is 1. The Morgan fingerprint density at radius 2 is 1.94 bits per heavy atom. The second kappa shape index (κ2) is 7.68. The summed E-state index contributed by atoms with van der Waals surface area (Å²) in [7, 11) is 0. The molecule has 2 N–H and O–H groups in total. The van der Waals surface area contributed by atoms with Gasteiger partial charge in [0.05, 0.1) is 12.2 Å². The Bertz CT molecular complexity index is 349. The summed E-state index contributed by atoms with van der Waals surface area (Å²) in [6, 6.07) is 6.48. The lowest BCUT2D eigenvalue weighted by Crippen LogP contribution is -2.00. The maximum absolute atomic E-state index is 10.7. The Kier molecular flexibility index (Phi) is 6.10. The van der Waals surface area contributed by atoms with Crippen LogP contribution >= 0.6 is 0 Å². The molecule has 0 unspecified atom stereocenters. The number of unbranched alkanes of at least 4 members (excludes halogenated alkanes) is 3. The van der Waals surface area contributed by atoms with Crippen LogP contribution in [0.3, 0.4) is 0 Å². The molecule has 17 heavy (non-hydrogen) atoms. The van der Waals surface area contributed by atoms with Gasteiger partial charge in [0.15, 0.2) is 0 Å². The number of rotatable bonds is 8. The second-order valence-corrected chi connectivity index (χ2v) is 3.82. The molecule has 0 radical (unpaired) electrons. The number of carboxylic acid groups (broad SMARTS) is 1. The van der Waals surface area contributed by atoms with Crippen LogP contribution in [0.25, 0.3) is 0 Å². The minimum atomic E-state index is -0.946. The third-order valence-electron chi connectivity index (χ3n) is 2.40. The zero-order valence-corrected chi connectivity index (χ0v) is 9.76. The fraction of sp³-hybridized carbons (Fsp3) is 0.462. The zero-order valence-electron chi connectivity index (χ0n) is 9.76. The van der Waals surface area contributed by atoms with Crippen molar-refractivity contribution in [2.24, 2.45) is 0 Å². The highest BCUT2D eigenvalue weighted by Gasteiger charge is 2.03. The molecule has 4 nitrogen and oxygen atoms in total. The summed E-state index contributed by atoms with van der Waals surface area (Å²) < 4.78 is 5.45. The summed E-state index contributed by atoms with van der Waals surface area (Å²) in [4.78, 5) is 10.7. The fourth-order valence-corrected chi connectivity index (χ4v) is 1.48. The van der Waals surface area contributed by atoms with Gasteiger partial charge in [0, 0.05) is 6.61 Å². The molecule has 94 valence electrons. The topological polar surface area (TPSA) is 66.8 Å². The molecule has 0 aliphatic carbocycles. The van der Waals surface area contributed by atoms with Crippen LogP contribution in [-0.2, 0) is 0 Å². The molecule has 0 saturated heterocycles. The third kappa shape index (κ3) is 5.36. The van der Waals surface area contributed by atoms with Crippen LogP contribution in [0.5, 0.6) is 5.75 Å². The van der Waals surface area contributed by atoms with E-state index in [2.05, 4.69) is 0 Å². The van der Waals surface area contributed by atoms with Crippen LogP contribution in [-0.4, -0.2) is 29.4 Å². The van der Waals surface area contributed by atoms with Gasteiger partial charge in [-0.1, -0.05) is 12.5 Å². The minimum Gasteiger partial charge on any atom is -0.494 e. The van der Waals surface area contributed by atoms with Gasteiger partial charge in [0.25, 0.3) is 0 Å². The zero-order chi connectivity index (χ0) is 12.5. The molecular weight excluding hydrogens is 220 g/mol. The van der Waals surface area contributed by atoms with E-state index < -0.39 is 5.97 Å². The van der Waals surface area contributed by atoms with E-state index in [4.69, 9.17) is 14.9 Å². The first kappa shape index (κ1) is 13.5. The van der Waals surface area contributed by atoms with E-state index in [1.54, 1.807) is 12.1 Å². The molecule has 4 heteroatoms. The van der Waals surface area contributed by atoms with Crippen LogP contribution in [0.15, 0.2) is 24.3 Å². The first-order valence-electron chi connectivity index (χ1n) is 5.81. The van der Waals surface area contributed by atoms with Crippen molar-refractivity contribution in [3.05, 3.63) is 29.8 Å². The van der Waals surface area contributed by atoms with Crippen molar-refractivity contribution in [3.63, 3.8) is 0 Å². The Morgan fingerprint density at radius 1 is 1.18 bits per heavy atom. The van der Waals surface area contributed by atoms with Crippen molar-refractivity contribution in [2.45, 2.75) is 25.7 Å². The molecule has 1 rings (SSSR count). The number of aliphatic hydroxyl groups is 1. The van der Waals surface area contributed by atoms with Crippen LogP contribution in [0.2, 0.25) is 0 Å². The molecule has 0 aromatic heterocycles. The Hall–Kier alpha value is -1.55. The number of hydrogen-bond donors (Lipinski definition) is 2. The highest BCUT2D eigenvalue weighted by Crippen LogP contribution is 2.14. The van der Waals surface area contributed by atoms with E-state index in [9.17, 15) is 4.79 Å². The number of hydrogen-bond acceptors (Lipinski definition) is 3. The number of carbonyl (C=O) groups is 1. The minimum absolute atomic E-state index is 0.238. The average molecular weight is 238 g/mol. The standard InChI is InChI=1S/C13H18O4/c14-8-3-1-2-4-9-17-12-7-5-6-11(10-12)13(15)16/h5-7,10,14H,1-4,8-9H2,(H,15,16). The molecule has 0 spiro atoms. The lowest BCUT2D eigenvalue weighted by atomic mass is 10.2. The van der Waals surface area contributed by atoms with Crippen LogP contribution < -0.4 is 4.74 Å². The first-order chi connectivity index (χ1) is 8.24. The molecule has 0 heterocycles. The van der Waals surface area contributed by atoms with Crippen LogP contribution in [0.1, 0.15) is 36.0 Å². The molecule has 0 atom stereocenters. The van der Waals surface area contributed by atoms with E-state index >= 15 is 0 Å². The summed E-state index contributed by atoms with van der Waals surface area (Å²) in [6.45, 7) is 0.815. The molecule has 0 amide bonds. The van der Waals surface area contributed by atoms with Crippen LogP contribution in [0, 0.1) is 0 Å². The van der Waals surface area contributed by atoms with Crippen LogP contribution in [0.4, 0.5) is 0 Å². The maximum atomic E-state index is 10.7. The molecule has 0 aliphatic rings. The predicted octanol–water partition coefficient (Wildman–Crippen LogP) is 2.32. The van der Waals surface area contributed by atoms with Crippen molar-refractivity contribution in [2.75, 3.05) is 13.2 Å². The molecule has 0 fully saturated rings. The Balaban J connectivity index is 2.27. The smallest absolute Gasteiger partial charge is 0.335 e. The van der Waals surface area contributed by atoms with Crippen molar-refractivity contribution >= 4 is 5.97 Å². The third-order valence-corrected chi connectivity index (χ3v) is 2.40. The van der Waals surface area contributed by atoms with Gasteiger partial charge in [-0.2, -0.15) is 0 Å². The summed E-state index contributed by atoms with van der Waals surface area (Å²) in [5.41, 5.74) is 0.239. The monoisotopic (exact) mass is 238 g/mol. The van der Waals surface area contributed by atoms with Gasteiger partial charge in [-0.3, -0.25) is 0 Å². The van der Waals surface area contributed by atoms with Gasteiger partial charge in [-0.15, -0.1) is 0 Å². The molecule has 0 bridgehead atoms. The summed E-state index contributed by atoms with van der Waals surface area (Å²) in [6.07, 6.45) is 3.75. The molecule has 0 aliphatic heterocycles. The molecule has 1 aromatic carbocycles. The van der Waals surface area contributed by atoms with Gasteiger partial charge >= 0.3 is 5.97 Å². The maximum Gasteiger partial charge on any atom is 0.335 e. The Labute approximate surface area is 101 Å². The number of aliphatic hydroxyl groups excluding tert-OH is 1. The Morgan fingerprint density at radius 3 is 2.65 bits per heavy atom. The SMILES string of the molecule is O=C(O)c1cccc(OCCCCCCO)c1. The highest BCUT2D eigenvalue weighted by molar-refractivity contribution is 5.87. The lowest BCUT2D eigenvalue weighted by molar-refractivity contribution is 0.0696. The summed E-state index contributed by atoms with van der Waals surface area (Å²) in [5, 5.41) is 17.4. The van der Waals surface area contributed by atoms with E-state index in [0.29, 0.717) is 12.4 Å². The van der Waals surface area contributed by atoms with E-state index in [1.807, 2.05) is 0 Å². The first-order valence-corrected chi connectivity index (χ1v) is 5.81. The van der Waals surface area contributed by atoms with E-state index in [-0.39, 0.29) is 12.2 Å². The largest absolute Gasteiger partial charge is 0.494 e. The van der Waals surface area contributed by atoms with Gasteiger partial charge in [0.1, 0.15) is 5.75 Å². The predicted molar refractivity (Wildman–Crippen MR) is 64.5 cm³/mol. The fourth-order valence-electron chi connectivity index (χ4n) is 1.48. The molecule has 0 saturated carbocycles. The highest BCUT2D eigenvalue weighted by atomic mass is 16.5.